The first-order valence-corrected chi connectivity index (χ1v) is 5.95. The smallest absolute Gasteiger partial charge is 0.0479 e. The molecule has 0 saturated carbocycles. The topological polar surface area (TPSA) is 32.6 Å². The third-order valence-electron chi connectivity index (χ3n) is 3.22. The van der Waals surface area contributed by atoms with Gasteiger partial charge < -0.3 is 5.21 Å². The Kier molecular flexibility index (Phi) is 2.69. The van der Waals surface area contributed by atoms with Gasteiger partial charge in [0.25, 0.3) is 0 Å². The van der Waals surface area contributed by atoms with Crippen molar-refractivity contribution in [1.29, 1.82) is 0 Å². The molecule has 2 heteroatoms. The van der Waals surface area contributed by atoms with Crippen LogP contribution in [0.2, 0.25) is 0 Å². The fraction of sp³-hybridized carbons (Fsp3) is 0.0625. The lowest BCUT2D eigenvalue weighted by atomic mass is 9.99. The summed E-state index contributed by atoms with van der Waals surface area (Å²) in [6, 6.07) is 19.0. The van der Waals surface area contributed by atoms with Crippen LogP contribution in [-0.2, 0) is 6.42 Å². The molecule has 0 radical (unpaired) electrons. The van der Waals surface area contributed by atoms with E-state index in [1.807, 2.05) is 0 Å². The minimum Gasteiger partial charge on any atom is -0.411 e. The highest BCUT2D eigenvalue weighted by Gasteiger charge is 2.01. The molecule has 3 aromatic carbocycles. The van der Waals surface area contributed by atoms with Gasteiger partial charge >= 0.3 is 0 Å². The number of hydrogen-bond acceptors (Lipinski definition) is 2. The molecule has 0 spiro atoms. The van der Waals surface area contributed by atoms with Crippen molar-refractivity contribution in [1.82, 2.24) is 0 Å². The first-order chi connectivity index (χ1) is 8.88. The van der Waals surface area contributed by atoms with Crippen molar-refractivity contribution in [2.75, 3.05) is 0 Å². The molecule has 0 fully saturated rings. The van der Waals surface area contributed by atoms with Gasteiger partial charge in [0, 0.05) is 12.6 Å². The van der Waals surface area contributed by atoms with E-state index in [0.717, 1.165) is 5.56 Å². The van der Waals surface area contributed by atoms with Crippen LogP contribution in [0.4, 0.5) is 0 Å². The quantitative estimate of drug-likeness (QED) is 0.310. The normalized spacial score (nSPS) is 11.6. The highest BCUT2D eigenvalue weighted by Crippen LogP contribution is 2.26. The van der Waals surface area contributed by atoms with Crippen LogP contribution in [0, 0.1) is 0 Å². The number of hydrogen-bond donors (Lipinski definition) is 1. The van der Waals surface area contributed by atoms with E-state index in [2.05, 4.69) is 59.8 Å². The molecule has 0 atom stereocenters. The van der Waals surface area contributed by atoms with Gasteiger partial charge in [0.05, 0.1) is 0 Å². The van der Waals surface area contributed by atoms with Crippen LogP contribution in [-0.4, -0.2) is 11.4 Å². The molecular formula is C16H13NO. The summed E-state index contributed by atoms with van der Waals surface area (Å²) >= 11 is 0. The molecule has 0 aliphatic rings. The Labute approximate surface area is 105 Å². The summed E-state index contributed by atoms with van der Waals surface area (Å²) in [7, 11) is 0. The lowest BCUT2D eigenvalue weighted by molar-refractivity contribution is 0.321. The van der Waals surface area contributed by atoms with E-state index >= 15 is 0 Å². The van der Waals surface area contributed by atoms with E-state index in [1.165, 1.54) is 27.8 Å². The van der Waals surface area contributed by atoms with E-state index in [0.29, 0.717) is 6.42 Å². The van der Waals surface area contributed by atoms with Gasteiger partial charge in [-0.3, -0.25) is 0 Å². The summed E-state index contributed by atoms with van der Waals surface area (Å²) in [6.45, 7) is 0. The Balaban J connectivity index is 2.26. The largest absolute Gasteiger partial charge is 0.411 e. The number of benzene rings is 3. The van der Waals surface area contributed by atoms with Gasteiger partial charge in [-0.05, 0) is 27.1 Å². The molecule has 3 rings (SSSR count). The van der Waals surface area contributed by atoms with Gasteiger partial charge in [-0.2, -0.15) is 0 Å². The molecule has 0 aliphatic heterocycles. The molecule has 0 aromatic heterocycles. The van der Waals surface area contributed by atoms with Crippen molar-refractivity contribution in [3.8, 4) is 0 Å². The summed E-state index contributed by atoms with van der Waals surface area (Å²) in [5.41, 5.74) is 1.15. The molecule has 18 heavy (non-hydrogen) atoms. The van der Waals surface area contributed by atoms with E-state index in [-0.39, 0.29) is 0 Å². The average molecular weight is 235 g/mol. The maximum Gasteiger partial charge on any atom is 0.0479 e. The maximum atomic E-state index is 8.48. The van der Waals surface area contributed by atoms with Crippen molar-refractivity contribution in [2.24, 2.45) is 5.16 Å². The first kappa shape index (κ1) is 10.8. The van der Waals surface area contributed by atoms with Crippen molar-refractivity contribution in [3.63, 3.8) is 0 Å². The minimum absolute atomic E-state index is 0.648. The van der Waals surface area contributed by atoms with E-state index in [1.54, 1.807) is 0 Å². The zero-order chi connectivity index (χ0) is 12.4. The highest BCUT2D eigenvalue weighted by molar-refractivity contribution is 6.07. The van der Waals surface area contributed by atoms with E-state index < -0.39 is 0 Å². The molecule has 3 aromatic rings. The second kappa shape index (κ2) is 4.49. The summed E-state index contributed by atoms with van der Waals surface area (Å²) in [4.78, 5) is 0. The molecule has 0 amide bonds. The predicted octanol–water partition coefficient (Wildman–Crippen LogP) is 4.00. The Hall–Kier alpha value is -2.35. The first-order valence-electron chi connectivity index (χ1n) is 5.95. The number of rotatable bonds is 2. The minimum atomic E-state index is 0.648. The zero-order valence-electron chi connectivity index (χ0n) is 9.88. The Morgan fingerprint density at radius 3 is 2.44 bits per heavy atom. The lowest BCUT2D eigenvalue weighted by Crippen LogP contribution is -1.87. The number of oxime groups is 1. The molecule has 88 valence electrons. The maximum absolute atomic E-state index is 8.48. The lowest BCUT2D eigenvalue weighted by Gasteiger charge is -2.05. The van der Waals surface area contributed by atoms with Crippen molar-refractivity contribution < 1.29 is 5.21 Å². The van der Waals surface area contributed by atoms with Gasteiger partial charge in [0.15, 0.2) is 0 Å². The summed E-state index contributed by atoms with van der Waals surface area (Å²) < 4.78 is 0. The average Bonchev–Trinajstić information content (AvgIpc) is 2.45. The van der Waals surface area contributed by atoms with Crippen molar-refractivity contribution >= 4 is 27.8 Å². The van der Waals surface area contributed by atoms with Crippen molar-refractivity contribution in [3.05, 3.63) is 60.2 Å². The molecule has 0 bridgehead atoms. The van der Waals surface area contributed by atoms with Crippen LogP contribution in [0.1, 0.15) is 5.56 Å². The Morgan fingerprint density at radius 2 is 1.61 bits per heavy atom. The standard InChI is InChI=1S/C16H13NO/c18-17-10-9-12-5-6-14-8-7-13-3-1-2-4-15(13)16(14)11-12/h1-8,10-11,18H,9H2. The SMILES string of the molecule is ON=CCc1ccc2ccc3ccccc3c2c1. The van der Waals surface area contributed by atoms with Crippen LogP contribution in [0.3, 0.4) is 0 Å². The molecule has 0 aliphatic carbocycles. The van der Waals surface area contributed by atoms with Gasteiger partial charge in [0.1, 0.15) is 0 Å². The molecule has 0 heterocycles. The van der Waals surface area contributed by atoms with E-state index in [9.17, 15) is 0 Å². The Morgan fingerprint density at radius 1 is 0.889 bits per heavy atom. The Bertz CT molecular complexity index is 731. The highest BCUT2D eigenvalue weighted by atomic mass is 16.4. The third-order valence-corrected chi connectivity index (χ3v) is 3.22. The van der Waals surface area contributed by atoms with Gasteiger partial charge in [0.2, 0.25) is 0 Å². The predicted molar refractivity (Wildman–Crippen MR) is 75.4 cm³/mol. The van der Waals surface area contributed by atoms with Crippen molar-refractivity contribution in [2.45, 2.75) is 6.42 Å². The van der Waals surface area contributed by atoms with Crippen LogP contribution in [0.15, 0.2) is 59.8 Å². The van der Waals surface area contributed by atoms with Gasteiger partial charge in [-0.15, -0.1) is 5.16 Å². The fourth-order valence-electron chi connectivity index (χ4n) is 2.32. The van der Waals surface area contributed by atoms with Crippen LogP contribution >= 0.6 is 0 Å². The van der Waals surface area contributed by atoms with Gasteiger partial charge in [-0.1, -0.05) is 54.6 Å². The van der Waals surface area contributed by atoms with Gasteiger partial charge in [-0.25, -0.2) is 0 Å². The molecule has 2 nitrogen and oxygen atoms in total. The second-order valence-electron chi connectivity index (χ2n) is 4.34. The number of fused-ring (bicyclic) bond motifs is 3. The van der Waals surface area contributed by atoms with E-state index in [4.69, 9.17) is 5.21 Å². The molecule has 1 N–H and O–H groups in total. The molecule has 0 unspecified atom stereocenters. The van der Waals surface area contributed by atoms with Crippen LogP contribution < -0.4 is 0 Å². The monoisotopic (exact) mass is 235 g/mol. The summed E-state index contributed by atoms with van der Waals surface area (Å²) in [5, 5.41) is 16.5. The zero-order valence-corrected chi connectivity index (χ0v) is 9.88. The molecular weight excluding hydrogens is 222 g/mol. The number of nitrogens with zero attached hydrogens (tertiary/aromatic N) is 1. The fourth-order valence-corrected chi connectivity index (χ4v) is 2.32. The third kappa shape index (κ3) is 1.82. The summed E-state index contributed by atoms with van der Waals surface area (Å²) in [6.07, 6.45) is 2.15. The molecule has 0 saturated heterocycles. The van der Waals surface area contributed by atoms with Crippen LogP contribution in [0.5, 0.6) is 0 Å². The second-order valence-corrected chi connectivity index (χ2v) is 4.34. The summed E-state index contributed by atoms with van der Waals surface area (Å²) in [5.74, 6) is 0. The van der Waals surface area contributed by atoms with Crippen LogP contribution in [0.25, 0.3) is 21.5 Å².